The molecule has 1 aromatic carbocycles. The molecule has 0 saturated carbocycles. The Morgan fingerprint density at radius 2 is 1.79 bits per heavy atom. The summed E-state index contributed by atoms with van der Waals surface area (Å²) in [6.07, 6.45) is 7.45. The number of rotatable bonds is 3. The maximum atomic E-state index is 14.9. The fourth-order valence-corrected chi connectivity index (χ4v) is 3.39. The highest BCUT2D eigenvalue weighted by Crippen LogP contribution is 2.26. The largest absolute Gasteiger partial charge is 0.301 e. The third-order valence-corrected chi connectivity index (χ3v) is 4.82. The third kappa shape index (κ3) is 2.85. The number of aromatic nitrogens is 5. The first-order valence-electron chi connectivity index (χ1n) is 8.82. The Balaban J connectivity index is 1.62. The van der Waals surface area contributed by atoms with E-state index in [1.807, 2.05) is 12.1 Å². The van der Waals surface area contributed by atoms with Crippen LogP contribution in [0.4, 0.5) is 8.78 Å². The second kappa shape index (κ2) is 6.59. The fourth-order valence-electron chi connectivity index (χ4n) is 3.39. The molecule has 142 valence electrons. The van der Waals surface area contributed by atoms with Crippen LogP contribution in [-0.4, -0.2) is 23.9 Å². The molecular weight excluding hydrogens is 376 g/mol. The quantitative estimate of drug-likeness (QED) is 0.474. The predicted molar refractivity (Wildman–Crippen MR) is 103 cm³/mol. The van der Waals surface area contributed by atoms with E-state index in [-0.39, 0.29) is 12.1 Å². The Kier molecular flexibility index (Phi) is 3.90. The maximum absolute atomic E-state index is 14.9. The number of hydrogen-bond acceptors (Lipinski definition) is 4. The van der Waals surface area contributed by atoms with Gasteiger partial charge in [0, 0.05) is 23.5 Å². The van der Waals surface area contributed by atoms with Gasteiger partial charge in [0.1, 0.15) is 22.8 Å². The summed E-state index contributed by atoms with van der Waals surface area (Å²) < 4.78 is 32.8. The first-order valence-corrected chi connectivity index (χ1v) is 8.82. The molecule has 0 bridgehead atoms. The number of halogens is 2. The lowest BCUT2D eigenvalue weighted by Gasteiger charge is -2.12. The van der Waals surface area contributed by atoms with Crippen molar-refractivity contribution in [2.24, 2.45) is 0 Å². The molecule has 0 unspecified atom stereocenters. The van der Waals surface area contributed by atoms with E-state index in [2.05, 4.69) is 15.0 Å². The summed E-state index contributed by atoms with van der Waals surface area (Å²) in [5, 5.41) is 0. The molecule has 5 aromatic rings. The van der Waals surface area contributed by atoms with Gasteiger partial charge in [-0.1, -0.05) is 6.07 Å². The molecule has 4 heterocycles. The van der Waals surface area contributed by atoms with Crippen molar-refractivity contribution in [3.63, 3.8) is 0 Å². The zero-order chi connectivity index (χ0) is 20.0. The van der Waals surface area contributed by atoms with Crippen LogP contribution in [0.5, 0.6) is 0 Å². The van der Waals surface area contributed by atoms with Crippen LogP contribution in [0.1, 0.15) is 5.56 Å². The van der Waals surface area contributed by atoms with Gasteiger partial charge in [0.05, 0.1) is 36.3 Å². The van der Waals surface area contributed by atoms with Gasteiger partial charge in [-0.25, -0.2) is 18.7 Å². The van der Waals surface area contributed by atoms with Gasteiger partial charge in [0.2, 0.25) is 0 Å². The van der Waals surface area contributed by atoms with E-state index < -0.39 is 17.2 Å². The Bertz CT molecular complexity index is 1420. The highest BCUT2D eigenvalue weighted by atomic mass is 19.1. The second-order valence-electron chi connectivity index (χ2n) is 6.54. The number of benzene rings is 1. The first-order chi connectivity index (χ1) is 14.1. The predicted octanol–water partition coefficient (Wildman–Crippen LogP) is 3.43. The van der Waals surface area contributed by atoms with Gasteiger partial charge in [0.15, 0.2) is 0 Å². The van der Waals surface area contributed by atoms with Crippen molar-refractivity contribution in [2.45, 2.75) is 6.54 Å². The Morgan fingerprint density at radius 3 is 2.62 bits per heavy atom. The molecule has 0 aliphatic carbocycles. The highest BCUT2D eigenvalue weighted by molar-refractivity contribution is 5.73. The molecule has 0 saturated heterocycles. The average molecular weight is 389 g/mol. The number of pyridine rings is 2. The number of fused-ring (bicyclic) bond motifs is 2. The van der Waals surface area contributed by atoms with E-state index in [1.54, 1.807) is 28.9 Å². The first kappa shape index (κ1) is 17.2. The van der Waals surface area contributed by atoms with Crippen molar-refractivity contribution in [1.82, 2.24) is 23.9 Å². The zero-order valence-electron chi connectivity index (χ0n) is 15.0. The summed E-state index contributed by atoms with van der Waals surface area (Å²) in [6, 6.07) is 9.56. The van der Waals surface area contributed by atoms with Crippen LogP contribution in [0.25, 0.3) is 27.9 Å². The lowest BCUT2D eigenvalue weighted by atomic mass is 10.1. The molecule has 0 amide bonds. The number of hydrogen-bond donors (Lipinski definition) is 0. The van der Waals surface area contributed by atoms with Crippen molar-refractivity contribution in [1.29, 1.82) is 0 Å². The molecule has 0 aliphatic heterocycles. The third-order valence-electron chi connectivity index (χ3n) is 4.82. The van der Waals surface area contributed by atoms with Gasteiger partial charge in [-0.05, 0) is 30.3 Å². The molecule has 0 fully saturated rings. The molecule has 0 atom stereocenters. The molecule has 0 N–H and O–H groups in total. The van der Waals surface area contributed by atoms with Crippen LogP contribution in [0.15, 0.2) is 72.2 Å². The topological polar surface area (TPSA) is 65.1 Å². The van der Waals surface area contributed by atoms with Crippen LogP contribution >= 0.6 is 0 Å². The van der Waals surface area contributed by atoms with Gasteiger partial charge in [-0.3, -0.25) is 14.2 Å². The minimum absolute atomic E-state index is 0.200. The van der Waals surface area contributed by atoms with Crippen LogP contribution in [0.2, 0.25) is 0 Å². The molecule has 8 heteroatoms. The summed E-state index contributed by atoms with van der Waals surface area (Å²) in [7, 11) is 0. The minimum Gasteiger partial charge on any atom is -0.301 e. The van der Waals surface area contributed by atoms with Crippen LogP contribution in [-0.2, 0) is 6.54 Å². The molecule has 0 aliphatic rings. The van der Waals surface area contributed by atoms with Crippen LogP contribution in [0.3, 0.4) is 0 Å². The number of imidazole rings is 1. The summed E-state index contributed by atoms with van der Waals surface area (Å²) >= 11 is 0. The van der Waals surface area contributed by atoms with E-state index in [0.29, 0.717) is 27.9 Å². The molecule has 4 aromatic heterocycles. The monoisotopic (exact) mass is 389 g/mol. The lowest BCUT2D eigenvalue weighted by molar-refractivity contribution is 0.545. The molecule has 5 rings (SSSR count). The van der Waals surface area contributed by atoms with E-state index in [9.17, 15) is 13.6 Å². The molecule has 6 nitrogen and oxygen atoms in total. The van der Waals surface area contributed by atoms with Crippen molar-refractivity contribution >= 4 is 16.7 Å². The van der Waals surface area contributed by atoms with Crippen molar-refractivity contribution in [3.8, 4) is 11.3 Å². The van der Waals surface area contributed by atoms with Crippen molar-refractivity contribution in [3.05, 3.63) is 94.9 Å². The number of nitrogens with zero attached hydrogens (tertiary/aromatic N) is 5. The second-order valence-corrected chi connectivity index (χ2v) is 6.54. The van der Waals surface area contributed by atoms with E-state index in [0.717, 1.165) is 6.20 Å². The summed E-state index contributed by atoms with van der Waals surface area (Å²) in [6.45, 7) is -0.257. The van der Waals surface area contributed by atoms with Crippen molar-refractivity contribution < 1.29 is 8.78 Å². The Hall–Kier alpha value is -3.94. The highest BCUT2D eigenvalue weighted by Gasteiger charge is 2.16. The molecule has 0 spiro atoms. The SMILES string of the molecule is O=c1cnc2cnccc2n1Cc1c(F)cc(-c2cnc3ccccn23)cc1F. The standard InChI is InChI=1S/C21H13F2N5O/c22-15-7-13(19-10-26-20-3-1-2-6-27(19)20)8-16(23)14(15)12-28-18-4-5-24-9-17(18)25-11-21(28)29/h1-11H,12H2. The van der Waals surface area contributed by atoms with Gasteiger partial charge in [-0.2, -0.15) is 0 Å². The normalized spacial score (nSPS) is 11.4. The summed E-state index contributed by atoms with van der Waals surface area (Å²) in [4.78, 5) is 24.5. The van der Waals surface area contributed by atoms with Gasteiger partial charge >= 0.3 is 0 Å². The Labute approximate surface area is 162 Å². The van der Waals surface area contributed by atoms with Gasteiger partial charge < -0.3 is 4.57 Å². The van der Waals surface area contributed by atoms with Gasteiger partial charge in [0.25, 0.3) is 5.56 Å². The average Bonchev–Trinajstić information content (AvgIpc) is 3.16. The smallest absolute Gasteiger partial charge is 0.269 e. The van der Waals surface area contributed by atoms with Crippen LogP contribution < -0.4 is 5.56 Å². The van der Waals surface area contributed by atoms with Crippen molar-refractivity contribution in [2.75, 3.05) is 0 Å². The summed E-state index contributed by atoms with van der Waals surface area (Å²) in [5.74, 6) is -1.48. The Morgan fingerprint density at radius 1 is 0.966 bits per heavy atom. The van der Waals surface area contributed by atoms with E-state index in [4.69, 9.17) is 0 Å². The fraction of sp³-hybridized carbons (Fsp3) is 0.0476. The molecule has 0 radical (unpaired) electrons. The van der Waals surface area contributed by atoms with Crippen LogP contribution in [0, 0.1) is 11.6 Å². The van der Waals surface area contributed by atoms with E-state index in [1.165, 1.54) is 29.1 Å². The zero-order valence-corrected chi connectivity index (χ0v) is 15.0. The molecule has 29 heavy (non-hydrogen) atoms. The summed E-state index contributed by atoms with van der Waals surface area (Å²) in [5.41, 5.74) is 1.88. The maximum Gasteiger partial charge on any atom is 0.269 e. The van der Waals surface area contributed by atoms with Gasteiger partial charge in [-0.15, -0.1) is 0 Å². The lowest BCUT2D eigenvalue weighted by Crippen LogP contribution is -2.22. The van der Waals surface area contributed by atoms with E-state index >= 15 is 0 Å². The minimum atomic E-state index is -0.739. The molecular formula is C21H13F2N5O.